The molecule has 2 rings (SSSR count). The Balaban J connectivity index is 1.90. The third-order valence-corrected chi connectivity index (χ3v) is 3.68. The van der Waals surface area contributed by atoms with Crippen LogP contribution in [0, 0.1) is 0 Å². The molecule has 5 heteroatoms. The van der Waals surface area contributed by atoms with E-state index in [0.717, 1.165) is 0 Å². The molecule has 0 bridgehead atoms. The summed E-state index contributed by atoms with van der Waals surface area (Å²) in [6.45, 7) is 4.71. The van der Waals surface area contributed by atoms with E-state index in [1.165, 1.54) is 0 Å². The fourth-order valence-corrected chi connectivity index (χ4v) is 2.22. The van der Waals surface area contributed by atoms with Gasteiger partial charge in [-0.2, -0.15) is 0 Å². The number of halogens is 1. The lowest BCUT2D eigenvalue weighted by Gasteiger charge is -2.15. The van der Waals surface area contributed by atoms with Crippen molar-refractivity contribution in [2.45, 2.75) is 26.0 Å². The van der Waals surface area contributed by atoms with Crippen molar-refractivity contribution in [1.82, 2.24) is 5.32 Å². The molecule has 0 spiro atoms. The second-order valence-corrected chi connectivity index (χ2v) is 6.32. The Morgan fingerprint density at radius 1 is 1.08 bits per heavy atom. The monoisotopic (exact) mass is 347 g/mol. The van der Waals surface area contributed by atoms with Crippen LogP contribution in [0.5, 0.6) is 5.75 Å². The molecule has 4 nitrogen and oxygen atoms in total. The summed E-state index contributed by atoms with van der Waals surface area (Å²) in [5.41, 5.74) is 1.16. The predicted molar refractivity (Wildman–Crippen MR) is 96.0 cm³/mol. The van der Waals surface area contributed by atoms with Crippen LogP contribution >= 0.6 is 11.6 Å². The third-order valence-electron chi connectivity index (χ3n) is 3.43. The number of aliphatic hydroxyl groups is 1. The molecule has 2 N–H and O–H groups in total. The van der Waals surface area contributed by atoms with Crippen LogP contribution in [0.25, 0.3) is 0 Å². The van der Waals surface area contributed by atoms with E-state index in [9.17, 15) is 9.90 Å². The molecule has 0 aromatic heterocycles. The molecule has 0 fully saturated rings. The molecule has 0 amide bonds. The molecule has 0 aliphatic rings. The van der Waals surface area contributed by atoms with Crippen molar-refractivity contribution < 1.29 is 14.6 Å². The van der Waals surface area contributed by atoms with Crippen molar-refractivity contribution in [2.75, 3.05) is 13.2 Å². The van der Waals surface area contributed by atoms with Crippen molar-refractivity contribution in [1.29, 1.82) is 0 Å². The van der Waals surface area contributed by atoms with E-state index >= 15 is 0 Å². The fourth-order valence-electron chi connectivity index (χ4n) is 2.09. The first kappa shape index (κ1) is 18.5. The summed E-state index contributed by atoms with van der Waals surface area (Å²) in [6, 6.07) is 14.0. The number of rotatable bonds is 8. The molecular formula is C19H22ClNO3. The van der Waals surface area contributed by atoms with Crippen LogP contribution in [0.3, 0.4) is 0 Å². The average molecular weight is 348 g/mol. The van der Waals surface area contributed by atoms with E-state index in [4.69, 9.17) is 16.3 Å². The maximum Gasteiger partial charge on any atom is 0.193 e. The smallest absolute Gasteiger partial charge is 0.193 e. The second kappa shape index (κ2) is 8.83. The first-order valence-corrected chi connectivity index (χ1v) is 8.28. The van der Waals surface area contributed by atoms with E-state index in [-0.39, 0.29) is 12.4 Å². The number of benzene rings is 2. The van der Waals surface area contributed by atoms with Crippen molar-refractivity contribution in [3.05, 3.63) is 64.7 Å². The van der Waals surface area contributed by atoms with Gasteiger partial charge in [0.15, 0.2) is 5.78 Å². The first-order chi connectivity index (χ1) is 11.5. The Morgan fingerprint density at radius 2 is 1.62 bits per heavy atom. The van der Waals surface area contributed by atoms with Crippen molar-refractivity contribution in [3.8, 4) is 5.75 Å². The van der Waals surface area contributed by atoms with Crippen LogP contribution in [-0.2, 0) is 0 Å². The van der Waals surface area contributed by atoms with Gasteiger partial charge in [0.05, 0.1) is 0 Å². The Labute approximate surface area is 147 Å². The number of carbonyl (C=O) groups is 1. The largest absolute Gasteiger partial charge is 0.491 e. The van der Waals surface area contributed by atoms with Gasteiger partial charge in [0.1, 0.15) is 18.5 Å². The highest BCUT2D eigenvalue weighted by Gasteiger charge is 2.10. The zero-order chi connectivity index (χ0) is 17.5. The quantitative estimate of drug-likeness (QED) is 0.719. The Kier molecular flexibility index (Phi) is 6.79. The summed E-state index contributed by atoms with van der Waals surface area (Å²) < 4.78 is 5.54. The highest BCUT2D eigenvalue weighted by atomic mass is 35.5. The molecule has 24 heavy (non-hydrogen) atoms. The minimum atomic E-state index is -0.581. The second-order valence-electron chi connectivity index (χ2n) is 5.89. The maximum absolute atomic E-state index is 12.4. The van der Waals surface area contributed by atoms with Gasteiger partial charge in [0.25, 0.3) is 0 Å². The van der Waals surface area contributed by atoms with E-state index in [0.29, 0.717) is 34.5 Å². The summed E-state index contributed by atoms with van der Waals surface area (Å²) in [7, 11) is 0. The molecular weight excluding hydrogens is 326 g/mol. The van der Waals surface area contributed by atoms with E-state index < -0.39 is 6.10 Å². The molecule has 1 atom stereocenters. The molecule has 2 aromatic carbocycles. The maximum atomic E-state index is 12.4. The number of nitrogens with one attached hydrogen (secondary N) is 1. The molecule has 1 unspecified atom stereocenters. The molecule has 2 aromatic rings. The van der Waals surface area contributed by atoms with Crippen molar-refractivity contribution >= 4 is 17.4 Å². The summed E-state index contributed by atoms with van der Waals surface area (Å²) in [5.74, 6) is 0.547. The normalized spacial score (nSPS) is 12.2. The van der Waals surface area contributed by atoms with Crippen LogP contribution in [0.4, 0.5) is 0 Å². The number of carbonyl (C=O) groups excluding carboxylic acids is 1. The molecule has 0 heterocycles. The number of ketones is 1. The van der Waals surface area contributed by atoms with E-state index in [1.54, 1.807) is 48.5 Å². The fraction of sp³-hybridized carbons (Fsp3) is 0.316. The van der Waals surface area contributed by atoms with Gasteiger partial charge in [0, 0.05) is 28.7 Å². The van der Waals surface area contributed by atoms with Gasteiger partial charge in [-0.25, -0.2) is 0 Å². The van der Waals surface area contributed by atoms with Crippen LogP contribution in [0.2, 0.25) is 5.02 Å². The summed E-state index contributed by atoms with van der Waals surface area (Å²) in [4.78, 5) is 12.4. The zero-order valence-corrected chi connectivity index (χ0v) is 14.6. The first-order valence-electron chi connectivity index (χ1n) is 7.90. The lowest BCUT2D eigenvalue weighted by atomic mass is 10.0. The standard InChI is InChI=1S/C19H22ClNO3/c1-13(2)21-11-17(22)12-24-18-9-5-15(6-10-18)19(23)14-3-7-16(20)8-4-14/h3-10,13,17,21-22H,11-12H2,1-2H3. The summed E-state index contributed by atoms with van der Waals surface area (Å²) >= 11 is 5.83. The van der Waals surface area contributed by atoms with Gasteiger partial charge in [-0.05, 0) is 48.5 Å². The lowest BCUT2D eigenvalue weighted by Crippen LogP contribution is -2.35. The number of aliphatic hydroxyl groups excluding tert-OH is 1. The van der Waals surface area contributed by atoms with Gasteiger partial charge in [-0.15, -0.1) is 0 Å². The number of hydrogen-bond acceptors (Lipinski definition) is 4. The van der Waals surface area contributed by atoms with Gasteiger partial charge in [0.2, 0.25) is 0 Å². The third kappa shape index (κ3) is 5.64. The van der Waals surface area contributed by atoms with Crippen LogP contribution in [0.1, 0.15) is 29.8 Å². The molecule has 0 aliphatic carbocycles. The van der Waals surface area contributed by atoms with Crippen LogP contribution < -0.4 is 10.1 Å². The average Bonchev–Trinajstić information content (AvgIpc) is 2.58. The van der Waals surface area contributed by atoms with Gasteiger partial charge < -0.3 is 15.2 Å². The lowest BCUT2D eigenvalue weighted by molar-refractivity contribution is 0.103. The van der Waals surface area contributed by atoms with Crippen molar-refractivity contribution in [2.24, 2.45) is 0 Å². The van der Waals surface area contributed by atoms with Gasteiger partial charge in [-0.3, -0.25) is 4.79 Å². The predicted octanol–water partition coefficient (Wildman–Crippen LogP) is 3.31. The molecule has 0 saturated heterocycles. The molecule has 128 valence electrons. The van der Waals surface area contributed by atoms with Gasteiger partial charge >= 0.3 is 0 Å². The Bertz CT molecular complexity index is 653. The van der Waals surface area contributed by atoms with Crippen LogP contribution in [-0.4, -0.2) is 36.2 Å². The summed E-state index contributed by atoms with van der Waals surface area (Å²) in [5, 5.41) is 13.6. The zero-order valence-electron chi connectivity index (χ0n) is 13.8. The highest BCUT2D eigenvalue weighted by Crippen LogP contribution is 2.17. The number of hydrogen-bond donors (Lipinski definition) is 2. The van der Waals surface area contributed by atoms with Gasteiger partial charge in [-0.1, -0.05) is 25.4 Å². The highest BCUT2D eigenvalue weighted by molar-refractivity contribution is 6.30. The van der Waals surface area contributed by atoms with Crippen molar-refractivity contribution in [3.63, 3.8) is 0 Å². The summed E-state index contributed by atoms with van der Waals surface area (Å²) in [6.07, 6.45) is -0.581. The Hall–Kier alpha value is -1.88. The molecule has 0 saturated carbocycles. The SMILES string of the molecule is CC(C)NCC(O)COc1ccc(C(=O)c2ccc(Cl)cc2)cc1. The molecule has 0 aliphatic heterocycles. The topological polar surface area (TPSA) is 58.6 Å². The molecule has 0 radical (unpaired) electrons. The Morgan fingerprint density at radius 3 is 2.17 bits per heavy atom. The van der Waals surface area contributed by atoms with Crippen LogP contribution in [0.15, 0.2) is 48.5 Å². The van der Waals surface area contributed by atoms with E-state index in [1.807, 2.05) is 13.8 Å². The minimum absolute atomic E-state index is 0.0700. The minimum Gasteiger partial charge on any atom is -0.491 e. The van der Waals surface area contributed by atoms with E-state index in [2.05, 4.69) is 5.32 Å². The number of ether oxygens (including phenoxy) is 1.